The molecule has 1 aliphatic rings. The van der Waals surface area contributed by atoms with Gasteiger partial charge >= 0.3 is 0 Å². The highest BCUT2D eigenvalue weighted by atomic mass is 16.1. The Labute approximate surface area is 170 Å². The molecule has 1 aliphatic heterocycles. The van der Waals surface area contributed by atoms with Gasteiger partial charge < -0.3 is 10.2 Å². The number of aromatic amines is 1. The summed E-state index contributed by atoms with van der Waals surface area (Å²) < 4.78 is 1.42. The Morgan fingerprint density at radius 3 is 2.79 bits per heavy atom. The van der Waals surface area contributed by atoms with Crippen molar-refractivity contribution in [2.24, 2.45) is 0 Å². The van der Waals surface area contributed by atoms with Crippen molar-refractivity contribution in [3.63, 3.8) is 0 Å². The van der Waals surface area contributed by atoms with Crippen LogP contribution in [-0.2, 0) is 0 Å². The third-order valence-electron chi connectivity index (χ3n) is 5.28. The first-order valence-corrected chi connectivity index (χ1v) is 10.3. The summed E-state index contributed by atoms with van der Waals surface area (Å²) in [5.41, 5.74) is 1.17. The first kappa shape index (κ1) is 19.3. The van der Waals surface area contributed by atoms with Gasteiger partial charge in [0.25, 0.3) is 5.56 Å². The van der Waals surface area contributed by atoms with Crippen LogP contribution in [0.2, 0.25) is 0 Å². The Bertz CT molecular complexity index is 958. The molecule has 8 nitrogen and oxygen atoms in total. The molecule has 0 spiro atoms. The van der Waals surface area contributed by atoms with Crippen LogP contribution in [0.1, 0.15) is 32.1 Å². The molecule has 0 bridgehead atoms. The Balaban J connectivity index is 1.38. The number of anilines is 1. The van der Waals surface area contributed by atoms with E-state index in [1.807, 2.05) is 12.1 Å². The van der Waals surface area contributed by atoms with Crippen molar-refractivity contribution in [3.8, 4) is 16.9 Å². The molecule has 3 aromatic rings. The lowest BCUT2D eigenvalue weighted by atomic mass is 10.2. The molecule has 29 heavy (non-hydrogen) atoms. The minimum Gasteiger partial charge on any atom is -0.370 e. The number of hydrogen-bond donors (Lipinski definition) is 2. The molecule has 0 aliphatic carbocycles. The first-order chi connectivity index (χ1) is 14.3. The lowest BCUT2D eigenvalue weighted by molar-refractivity contribution is 0.284. The van der Waals surface area contributed by atoms with Gasteiger partial charge in [0.05, 0.1) is 5.56 Å². The standard InChI is InChI=1S/C21H27N7O/c29-21-18(17-7-5-8-22-14-17)15-26-28(21)20-13-19(24-16-25-20)23-9-6-12-27-10-3-1-2-4-11-27/h5,7-8,13-16,26H,1-4,6,9-12H2,(H,23,24,25). The second kappa shape index (κ2) is 9.47. The largest absolute Gasteiger partial charge is 0.370 e. The van der Waals surface area contributed by atoms with Crippen LogP contribution in [0.5, 0.6) is 0 Å². The number of rotatable bonds is 7. The molecule has 8 heteroatoms. The second-order valence-corrected chi connectivity index (χ2v) is 7.37. The van der Waals surface area contributed by atoms with Gasteiger partial charge in [0, 0.05) is 36.8 Å². The smallest absolute Gasteiger partial charge is 0.280 e. The maximum Gasteiger partial charge on any atom is 0.280 e. The summed E-state index contributed by atoms with van der Waals surface area (Å²) in [6.45, 7) is 4.38. The van der Waals surface area contributed by atoms with Gasteiger partial charge in [-0.3, -0.25) is 14.9 Å². The van der Waals surface area contributed by atoms with E-state index in [-0.39, 0.29) is 5.56 Å². The molecule has 0 saturated carbocycles. The molecule has 4 rings (SSSR count). The lowest BCUT2D eigenvalue weighted by Gasteiger charge is -2.19. The number of nitrogens with one attached hydrogen (secondary N) is 2. The first-order valence-electron chi connectivity index (χ1n) is 10.3. The molecular weight excluding hydrogens is 366 g/mol. The molecule has 2 N–H and O–H groups in total. The van der Waals surface area contributed by atoms with Crippen LogP contribution in [-0.4, -0.2) is 55.8 Å². The molecule has 1 saturated heterocycles. The van der Waals surface area contributed by atoms with Crippen LogP contribution in [0.25, 0.3) is 16.9 Å². The number of pyridine rings is 1. The average Bonchev–Trinajstić information content (AvgIpc) is 2.96. The van der Waals surface area contributed by atoms with Crippen LogP contribution in [0.3, 0.4) is 0 Å². The fourth-order valence-electron chi connectivity index (χ4n) is 3.71. The predicted molar refractivity (Wildman–Crippen MR) is 113 cm³/mol. The Morgan fingerprint density at radius 2 is 2.00 bits per heavy atom. The van der Waals surface area contributed by atoms with Gasteiger partial charge in [-0.15, -0.1) is 0 Å². The summed E-state index contributed by atoms with van der Waals surface area (Å²) in [4.78, 5) is 27.9. The van der Waals surface area contributed by atoms with Gasteiger partial charge in [-0.1, -0.05) is 18.9 Å². The Kier molecular flexibility index (Phi) is 6.31. The zero-order valence-corrected chi connectivity index (χ0v) is 16.5. The third-order valence-corrected chi connectivity index (χ3v) is 5.28. The Hall–Kier alpha value is -3.00. The number of nitrogens with zero attached hydrogens (tertiary/aromatic N) is 5. The molecule has 3 aromatic heterocycles. The van der Waals surface area contributed by atoms with Crippen molar-refractivity contribution in [3.05, 3.63) is 53.5 Å². The maximum atomic E-state index is 12.8. The maximum absolute atomic E-state index is 12.8. The van der Waals surface area contributed by atoms with E-state index in [9.17, 15) is 4.79 Å². The summed E-state index contributed by atoms with van der Waals surface area (Å²) in [6.07, 6.45) is 12.9. The highest BCUT2D eigenvalue weighted by molar-refractivity contribution is 5.60. The van der Waals surface area contributed by atoms with Crippen LogP contribution in [0.4, 0.5) is 5.82 Å². The van der Waals surface area contributed by atoms with E-state index in [2.05, 4.69) is 30.3 Å². The van der Waals surface area contributed by atoms with Gasteiger partial charge in [-0.25, -0.2) is 14.6 Å². The summed E-state index contributed by atoms with van der Waals surface area (Å²) in [5.74, 6) is 1.23. The Morgan fingerprint density at radius 1 is 1.14 bits per heavy atom. The van der Waals surface area contributed by atoms with E-state index >= 15 is 0 Å². The summed E-state index contributed by atoms with van der Waals surface area (Å²) in [6, 6.07) is 5.46. The van der Waals surface area contributed by atoms with Crippen molar-refractivity contribution in [2.75, 3.05) is 31.5 Å². The molecule has 0 aromatic carbocycles. The van der Waals surface area contributed by atoms with Gasteiger partial charge in [0.1, 0.15) is 12.1 Å². The average molecular weight is 393 g/mol. The summed E-state index contributed by atoms with van der Waals surface area (Å²) >= 11 is 0. The lowest BCUT2D eigenvalue weighted by Crippen LogP contribution is -2.27. The number of hydrogen-bond acceptors (Lipinski definition) is 6. The minimum atomic E-state index is -0.163. The molecule has 152 valence electrons. The van der Waals surface area contributed by atoms with E-state index in [1.165, 1.54) is 49.8 Å². The van der Waals surface area contributed by atoms with Crippen molar-refractivity contribution in [1.82, 2.24) is 29.6 Å². The fraction of sp³-hybridized carbons (Fsp3) is 0.429. The predicted octanol–water partition coefficient (Wildman–Crippen LogP) is 2.70. The minimum absolute atomic E-state index is 0.163. The molecular formula is C21H27N7O. The van der Waals surface area contributed by atoms with Crippen molar-refractivity contribution in [2.45, 2.75) is 32.1 Å². The van der Waals surface area contributed by atoms with E-state index in [0.717, 1.165) is 30.9 Å². The fourth-order valence-corrected chi connectivity index (χ4v) is 3.71. The SMILES string of the molecule is O=c1c(-c2cccnc2)c[nH]n1-c1cc(NCCCN2CCCCCC2)ncn1. The topological polar surface area (TPSA) is 91.7 Å². The van der Waals surface area contributed by atoms with Gasteiger partial charge in [0.2, 0.25) is 0 Å². The van der Waals surface area contributed by atoms with Gasteiger partial charge in [-0.2, -0.15) is 0 Å². The highest BCUT2D eigenvalue weighted by Gasteiger charge is 2.12. The van der Waals surface area contributed by atoms with Gasteiger partial charge in [-0.05, 0) is 45.0 Å². The monoisotopic (exact) mass is 393 g/mol. The quantitative estimate of drug-likeness (QED) is 0.600. The molecule has 0 amide bonds. The summed E-state index contributed by atoms with van der Waals surface area (Å²) in [7, 11) is 0. The van der Waals surface area contributed by atoms with Crippen molar-refractivity contribution in [1.29, 1.82) is 0 Å². The third kappa shape index (κ3) is 4.89. The van der Waals surface area contributed by atoms with Crippen LogP contribution in [0, 0.1) is 0 Å². The van der Waals surface area contributed by atoms with Crippen molar-refractivity contribution >= 4 is 5.82 Å². The zero-order valence-electron chi connectivity index (χ0n) is 16.5. The summed E-state index contributed by atoms with van der Waals surface area (Å²) in [5, 5.41) is 6.33. The van der Waals surface area contributed by atoms with Crippen LogP contribution >= 0.6 is 0 Å². The van der Waals surface area contributed by atoms with E-state index in [4.69, 9.17) is 0 Å². The number of aromatic nitrogens is 5. The molecule has 0 atom stereocenters. The van der Waals surface area contributed by atoms with Crippen LogP contribution < -0.4 is 10.9 Å². The molecule has 0 unspecified atom stereocenters. The van der Waals surface area contributed by atoms with E-state index in [1.54, 1.807) is 24.7 Å². The second-order valence-electron chi connectivity index (χ2n) is 7.37. The normalized spacial score (nSPS) is 15.2. The highest BCUT2D eigenvalue weighted by Crippen LogP contribution is 2.14. The molecule has 4 heterocycles. The molecule has 1 fully saturated rings. The number of likely N-dealkylation sites (tertiary alicyclic amines) is 1. The van der Waals surface area contributed by atoms with E-state index in [0.29, 0.717) is 11.4 Å². The van der Waals surface area contributed by atoms with Gasteiger partial charge in [0.15, 0.2) is 5.82 Å². The number of H-pyrrole nitrogens is 1. The van der Waals surface area contributed by atoms with Crippen LogP contribution in [0.15, 0.2) is 47.9 Å². The zero-order chi connectivity index (χ0) is 19.9. The van der Waals surface area contributed by atoms with E-state index < -0.39 is 0 Å². The molecule has 0 radical (unpaired) electrons. The van der Waals surface area contributed by atoms with Crippen molar-refractivity contribution < 1.29 is 0 Å².